The maximum absolute atomic E-state index is 12.4. The third-order valence-electron chi connectivity index (χ3n) is 2.65. The predicted octanol–water partition coefficient (Wildman–Crippen LogP) is 2.17. The highest BCUT2D eigenvalue weighted by molar-refractivity contribution is 4.91. The Bertz CT molecular complexity index is 231. The van der Waals surface area contributed by atoms with Gasteiger partial charge in [0.05, 0.1) is 18.0 Å². The molecule has 0 aromatic heterocycles. The molecule has 2 nitrogen and oxygen atoms in total. The molecule has 0 bridgehead atoms. The Balaban J connectivity index is 2.57. The van der Waals surface area contributed by atoms with Gasteiger partial charge in [-0.15, -0.1) is 0 Å². The smallest absolute Gasteiger partial charge is 0.288 e. The second-order valence-corrected chi connectivity index (χ2v) is 3.68. The molecule has 5 heteroatoms. The molecule has 1 rings (SSSR count). The second kappa shape index (κ2) is 4.18. The molecule has 80 valence electrons. The number of halogens is 3. The van der Waals surface area contributed by atoms with Crippen molar-refractivity contribution in [3.05, 3.63) is 0 Å². The number of piperidine rings is 1. The molecular formula is C9H13F3N2. The van der Waals surface area contributed by atoms with E-state index in [-0.39, 0.29) is 13.0 Å². The van der Waals surface area contributed by atoms with Crippen molar-refractivity contribution in [2.45, 2.75) is 32.0 Å². The summed E-state index contributed by atoms with van der Waals surface area (Å²) in [6.45, 7) is 2.21. The highest BCUT2D eigenvalue weighted by atomic mass is 19.4. The maximum Gasteiger partial charge on any atom is 0.393 e. The van der Waals surface area contributed by atoms with Gasteiger partial charge in [0.2, 0.25) is 0 Å². The zero-order valence-corrected chi connectivity index (χ0v) is 8.01. The first-order valence-electron chi connectivity index (χ1n) is 4.65. The fraction of sp³-hybridized carbons (Fsp3) is 0.889. The van der Waals surface area contributed by atoms with Crippen molar-refractivity contribution in [1.29, 1.82) is 5.26 Å². The molecule has 0 aromatic rings. The van der Waals surface area contributed by atoms with Crippen LogP contribution in [0.15, 0.2) is 0 Å². The lowest BCUT2D eigenvalue weighted by Crippen LogP contribution is -2.45. The van der Waals surface area contributed by atoms with Gasteiger partial charge in [-0.2, -0.15) is 18.4 Å². The summed E-state index contributed by atoms with van der Waals surface area (Å²) < 4.78 is 37.1. The van der Waals surface area contributed by atoms with Gasteiger partial charge in [-0.3, -0.25) is 4.90 Å². The number of likely N-dealkylation sites (tertiary alicyclic amines) is 1. The standard InChI is InChI=1S/C9H13F3N2/c1-7(5-13)14-4-2-3-8(6-14)9(10,11)12/h7-8H,2-4,6H2,1H3. The minimum atomic E-state index is -4.12. The summed E-state index contributed by atoms with van der Waals surface area (Å²) in [5.74, 6) is -1.26. The van der Waals surface area contributed by atoms with Gasteiger partial charge in [-0.05, 0) is 26.3 Å². The van der Waals surface area contributed by atoms with Crippen molar-refractivity contribution in [3.63, 3.8) is 0 Å². The van der Waals surface area contributed by atoms with E-state index < -0.39 is 18.1 Å². The molecule has 1 aliphatic rings. The van der Waals surface area contributed by atoms with Crippen LogP contribution in [0.5, 0.6) is 0 Å². The van der Waals surface area contributed by atoms with Crippen LogP contribution >= 0.6 is 0 Å². The lowest BCUT2D eigenvalue weighted by Gasteiger charge is -2.34. The zero-order valence-electron chi connectivity index (χ0n) is 8.01. The first kappa shape index (κ1) is 11.3. The number of nitrogens with zero attached hydrogens (tertiary/aromatic N) is 2. The van der Waals surface area contributed by atoms with Crippen molar-refractivity contribution in [2.75, 3.05) is 13.1 Å². The number of rotatable bonds is 1. The SMILES string of the molecule is CC(C#N)N1CCCC(C(F)(F)F)C1. The Morgan fingerprint density at radius 3 is 2.64 bits per heavy atom. The van der Waals surface area contributed by atoms with Crippen LogP contribution < -0.4 is 0 Å². The number of hydrogen-bond acceptors (Lipinski definition) is 2. The van der Waals surface area contributed by atoms with E-state index in [1.54, 1.807) is 11.8 Å². The Morgan fingerprint density at radius 2 is 2.14 bits per heavy atom. The van der Waals surface area contributed by atoms with Crippen LogP contribution in [-0.2, 0) is 0 Å². The molecule has 0 saturated carbocycles. The van der Waals surface area contributed by atoms with Gasteiger partial charge in [0.25, 0.3) is 0 Å². The summed E-state index contributed by atoms with van der Waals surface area (Å²) in [7, 11) is 0. The molecule has 14 heavy (non-hydrogen) atoms. The fourth-order valence-electron chi connectivity index (χ4n) is 1.71. The Hall–Kier alpha value is -0.760. The molecule has 0 spiro atoms. The Morgan fingerprint density at radius 1 is 1.50 bits per heavy atom. The van der Waals surface area contributed by atoms with E-state index in [0.717, 1.165) is 0 Å². The molecule has 1 saturated heterocycles. The van der Waals surface area contributed by atoms with Crippen LogP contribution in [0, 0.1) is 17.2 Å². The average molecular weight is 206 g/mol. The van der Waals surface area contributed by atoms with Gasteiger partial charge >= 0.3 is 6.18 Å². The van der Waals surface area contributed by atoms with E-state index in [1.165, 1.54) is 0 Å². The topological polar surface area (TPSA) is 27.0 Å². The summed E-state index contributed by atoms with van der Waals surface area (Å²) in [6, 6.07) is 1.55. The normalized spacial score (nSPS) is 26.9. The third kappa shape index (κ3) is 2.61. The molecule has 0 radical (unpaired) electrons. The summed E-state index contributed by atoms with van der Waals surface area (Å²) >= 11 is 0. The minimum Gasteiger partial charge on any atom is -0.288 e. The largest absolute Gasteiger partial charge is 0.393 e. The fourth-order valence-corrected chi connectivity index (χ4v) is 1.71. The molecule has 2 atom stereocenters. The highest BCUT2D eigenvalue weighted by Gasteiger charge is 2.42. The first-order chi connectivity index (χ1) is 6.45. The third-order valence-corrected chi connectivity index (χ3v) is 2.65. The molecule has 1 aliphatic heterocycles. The monoisotopic (exact) mass is 206 g/mol. The predicted molar refractivity (Wildman–Crippen MR) is 45.4 cm³/mol. The summed E-state index contributed by atoms with van der Waals surface area (Å²) in [4.78, 5) is 1.60. The van der Waals surface area contributed by atoms with Crippen LogP contribution in [0.4, 0.5) is 13.2 Å². The van der Waals surface area contributed by atoms with Crippen LogP contribution in [0.2, 0.25) is 0 Å². The van der Waals surface area contributed by atoms with Crippen LogP contribution in [0.25, 0.3) is 0 Å². The highest BCUT2D eigenvalue weighted by Crippen LogP contribution is 2.33. The number of alkyl halides is 3. The van der Waals surface area contributed by atoms with E-state index in [0.29, 0.717) is 13.0 Å². The van der Waals surface area contributed by atoms with Crippen molar-refractivity contribution < 1.29 is 13.2 Å². The van der Waals surface area contributed by atoms with Gasteiger partial charge in [0.15, 0.2) is 0 Å². The van der Waals surface area contributed by atoms with Gasteiger partial charge in [-0.25, -0.2) is 0 Å². The molecule has 0 aromatic carbocycles. The Labute approximate surface area is 81.3 Å². The summed E-state index contributed by atoms with van der Waals surface area (Å²) in [5.41, 5.74) is 0. The number of hydrogen-bond donors (Lipinski definition) is 0. The van der Waals surface area contributed by atoms with Crippen molar-refractivity contribution >= 4 is 0 Å². The Kier molecular flexibility index (Phi) is 3.38. The van der Waals surface area contributed by atoms with E-state index in [1.807, 2.05) is 6.07 Å². The summed E-state index contributed by atoms with van der Waals surface area (Å²) in [5, 5.41) is 8.60. The van der Waals surface area contributed by atoms with E-state index in [9.17, 15) is 13.2 Å². The maximum atomic E-state index is 12.4. The van der Waals surface area contributed by atoms with E-state index in [4.69, 9.17) is 5.26 Å². The van der Waals surface area contributed by atoms with Gasteiger partial charge < -0.3 is 0 Å². The lowest BCUT2D eigenvalue weighted by atomic mass is 9.96. The van der Waals surface area contributed by atoms with Gasteiger partial charge in [-0.1, -0.05) is 0 Å². The van der Waals surface area contributed by atoms with E-state index in [2.05, 4.69) is 0 Å². The molecule has 2 unspecified atom stereocenters. The van der Waals surface area contributed by atoms with Gasteiger partial charge in [0, 0.05) is 6.54 Å². The molecule has 0 aliphatic carbocycles. The molecule has 1 heterocycles. The summed E-state index contributed by atoms with van der Waals surface area (Å²) in [6.07, 6.45) is -3.40. The van der Waals surface area contributed by atoms with Crippen molar-refractivity contribution in [3.8, 4) is 6.07 Å². The first-order valence-corrected chi connectivity index (χ1v) is 4.65. The second-order valence-electron chi connectivity index (χ2n) is 3.68. The molecule has 0 amide bonds. The van der Waals surface area contributed by atoms with Gasteiger partial charge in [0.1, 0.15) is 0 Å². The van der Waals surface area contributed by atoms with E-state index >= 15 is 0 Å². The zero-order chi connectivity index (χ0) is 10.8. The van der Waals surface area contributed by atoms with Crippen LogP contribution in [0.1, 0.15) is 19.8 Å². The van der Waals surface area contributed by atoms with Crippen molar-refractivity contribution in [1.82, 2.24) is 4.90 Å². The quantitative estimate of drug-likeness (QED) is 0.657. The lowest BCUT2D eigenvalue weighted by molar-refractivity contribution is -0.187. The molecular weight excluding hydrogens is 193 g/mol. The number of nitriles is 1. The van der Waals surface area contributed by atoms with Crippen LogP contribution in [-0.4, -0.2) is 30.2 Å². The molecule has 1 fully saturated rings. The molecule has 0 N–H and O–H groups in total. The average Bonchev–Trinajstić information content (AvgIpc) is 2.15. The van der Waals surface area contributed by atoms with Crippen LogP contribution in [0.3, 0.4) is 0 Å². The van der Waals surface area contributed by atoms with Crippen molar-refractivity contribution in [2.24, 2.45) is 5.92 Å². The minimum absolute atomic E-state index is 0.0295.